The summed E-state index contributed by atoms with van der Waals surface area (Å²) in [5.41, 5.74) is 8.53. The quantitative estimate of drug-likeness (QED) is 0.475. The first-order chi connectivity index (χ1) is 19.4. The average molecular weight is 585 g/mol. The van der Waals surface area contributed by atoms with E-state index in [1.54, 1.807) is 42.1 Å². The summed E-state index contributed by atoms with van der Waals surface area (Å²) < 4.78 is 0. The van der Waals surface area contributed by atoms with Gasteiger partial charge in [0.2, 0.25) is 5.91 Å². The maximum absolute atomic E-state index is 13.3. The van der Waals surface area contributed by atoms with Gasteiger partial charge in [0, 0.05) is 75.8 Å². The first-order valence-corrected chi connectivity index (χ1v) is 14.4. The van der Waals surface area contributed by atoms with Gasteiger partial charge in [0.15, 0.2) is 0 Å². The van der Waals surface area contributed by atoms with Gasteiger partial charge in [-0.25, -0.2) is 4.98 Å². The zero-order chi connectivity index (χ0) is 28.1. The number of nitrogens with two attached hydrogens (primary N) is 1. The Hall–Kier alpha value is -3.34. The fraction of sp³-hybridized carbons (Fsp3) is 0.429. The second kappa shape index (κ2) is 12.9. The minimum absolute atomic E-state index is 0.0296. The standard InChI is InChI=1S/C28H35Cl2N9O/c1-20-15-32-7-10-39(20)28(26(31)21-5-6-24(34-16-21)36-8-3-2-4-9-36)35-19-25(40)37-11-13-38(14-12-37)27-22(29)17-33-18-23(27)30/h5-7,10,15-18,22,27,35H,1-4,8-9,11-14,19,31H2/b28-26-. The molecule has 40 heavy (non-hydrogen) atoms. The van der Waals surface area contributed by atoms with E-state index in [-0.39, 0.29) is 23.9 Å². The first kappa shape index (κ1) is 28.2. The molecular formula is C28H35Cl2N9O. The second-order valence-corrected chi connectivity index (χ2v) is 11.1. The molecule has 2 fully saturated rings. The summed E-state index contributed by atoms with van der Waals surface area (Å²) in [7, 11) is 0. The van der Waals surface area contributed by atoms with Crippen LogP contribution in [0.1, 0.15) is 24.8 Å². The summed E-state index contributed by atoms with van der Waals surface area (Å²) in [4.78, 5) is 34.3. The highest BCUT2D eigenvalue weighted by atomic mass is 35.5. The SMILES string of the molecule is C=C1C=NC=CN1/C(NCC(=O)N1CCN(C2C(Cl)=CN=CC2Cl)CC1)=C(\N)c1ccc(N2CCCCC2)nc1. The molecular weight excluding hydrogens is 549 g/mol. The van der Waals surface area contributed by atoms with E-state index in [0.717, 1.165) is 24.5 Å². The minimum Gasteiger partial charge on any atom is -0.395 e. The van der Waals surface area contributed by atoms with Gasteiger partial charge in [-0.1, -0.05) is 18.2 Å². The van der Waals surface area contributed by atoms with E-state index in [2.05, 4.69) is 36.7 Å². The Labute approximate surface area is 245 Å². The summed E-state index contributed by atoms with van der Waals surface area (Å²) in [5, 5.41) is 3.60. The summed E-state index contributed by atoms with van der Waals surface area (Å²) in [6.45, 7) is 8.66. The fourth-order valence-corrected chi connectivity index (χ4v) is 6.07. The van der Waals surface area contributed by atoms with Crippen LogP contribution >= 0.6 is 23.2 Å². The van der Waals surface area contributed by atoms with Crippen molar-refractivity contribution in [3.63, 3.8) is 0 Å². The number of halogens is 2. The van der Waals surface area contributed by atoms with Crippen molar-refractivity contribution < 1.29 is 4.79 Å². The van der Waals surface area contributed by atoms with Crippen LogP contribution in [0.2, 0.25) is 0 Å². The normalized spacial score (nSPS) is 24.2. The van der Waals surface area contributed by atoms with Crippen LogP contribution in [0.5, 0.6) is 0 Å². The van der Waals surface area contributed by atoms with Crippen LogP contribution in [0, 0.1) is 0 Å². The number of alkyl halides is 1. The Morgan fingerprint density at radius 2 is 1.88 bits per heavy atom. The molecule has 0 bridgehead atoms. The van der Waals surface area contributed by atoms with E-state index >= 15 is 0 Å². The molecule has 12 heteroatoms. The lowest BCUT2D eigenvalue weighted by molar-refractivity contribution is -0.132. The first-order valence-electron chi connectivity index (χ1n) is 13.6. The number of carbonyl (C=O) groups excluding carboxylic acids is 1. The van der Waals surface area contributed by atoms with E-state index in [4.69, 9.17) is 28.9 Å². The number of nitrogens with one attached hydrogen (secondary N) is 1. The number of allylic oxidation sites excluding steroid dienone is 1. The molecule has 0 aromatic carbocycles. The molecule has 4 aliphatic rings. The van der Waals surface area contributed by atoms with Crippen molar-refractivity contribution in [2.45, 2.75) is 30.7 Å². The molecule has 4 aliphatic heterocycles. The second-order valence-electron chi connectivity index (χ2n) is 10.1. The lowest BCUT2D eigenvalue weighted by Crippen LogP contribution is -2.56. The molecule has 3 N–H and O–H groups in total. The van der Waals surface area contributed by atoms with E-state index < -0.39 is 0 Å². The molecule has 1 aromatic heterocycles. The molecule has 0 radical (unpaired) electrons. The lowest BCUT2D eigenvalue weighted by Gasteiger charge is -2.40. The molecule has 10 nitrogen and oxygen atoms in total. The number of carbonyl (C=O) groups is 1. The number of piperazine rings is 1. The van der Waals surface area contributed by atoms with Crippen molar-refractivity contribution >= 4 is 53.1 Å². The largest absolute Gasteiger partial charge is 0.395 e. The highest BCUT2D eigenvalue weighted by Gasteiger charge is 2.33. The number of hydrogen-bond acceptors (Lipinski definition) is 9. The van der Waals surface area contributed by atoms with Gasteiger partial charge in [0.1, 0.15) is 11.6 Å². The average Bonchev–Trinajstić information content (AvgIpc) is 2.98. The van der Waals surface area contributed by atoms with Gasteiger partial charge >= 0.3 is 0 Å². The molecule has 2 atom stereocenters. The van der Waals surface area contributed by atoms with Crippen LogP contribution < -0.4 is 16.0 Å². The topological polar surface area (TPSA) is 106 Å². The van der Waals surface area contributed by atoms with Crippen molar-refractivity contribution in [2.75, 3.05) is 50.7 Å². The van der Waals surface area contributed by atoms with Crippen LogP contribution in [0.25, 0.3) is 5.70 Å². The number of anilines is 1. The third-order valence-corrected chi connectivity index (χ3v) is 8.22. The Morgan fingerprint density at radius 3 is 2.55 bits per heavy atom. The molecule has 1 aromatic rings. The number of rotatable bonds is 7. The van der Waals surface area contributed by atoms with Crippen LogP contribution in [0.15, 0.2) is 70.0 Å². The molecule has 0 aliphatic carbocycles. The van der Waals surface area contributed by atoms with Gasteiger partial charge in [0.25, 0.3) is 0 Å². The predicted octanol–water partition coefficient (Wildman–Crippen LogP) is 2.90. The Kier molecular flexibility index (Phi) is 9.08. The van der Waals surface area contributed by atoms with Gasteiger partial charge in [-0.2, -0.15) is 0 Å². The molecule has 1 amide bonds. The van der Waals surface area contributed by atoms with Crippen molar-refractivity contribution in [2.24, 2.45) is 15.7 Å². The number of piperidine rings is 1. The molecule has 5 rings (SSSR count). The summed E-state index contributed by atoms with van der Waals surface area (Å²) in [5.74, 6) is 1.47. The molecule has 2 unspecified atom stereocenters. The number of pyridine rings is 1. The summed E-state index contributed by atoms with van der Waals surface area (Å²) >= 11 is 12.8. The van der Waals surface area contributed by atoms with E-state index in [9.17, 15) is 4.79 Å². The maximum atomic E-state index is 13.3. The highest BCUT2D eigenvalue weighted by molar-refractivity contribution is 6.34. The van der Waals surface area contributed by atoms with Gasteiger partial charge in [0.05, 0.1) is 40.6 Å². The van der Waals surface area contributed by atoms with E-state index in [1.165, 1.54) is 19.3 Å². The number of aliphatic imine (C=N–C) groups is 2. The monoisotopic (exact) mass is 583 g/mol. The van der Waals surface area contributed by atoms with Gasteiger partial charge < -0.3 is 20.9 Å². The fourth-order valence-electron chi connectivity index (χ4n) is 5.32. The number of amides is 1. The molecule has 5 heterocycles. The molecule has 212 valence electrons. The zero-order valence-electron chi connectivity index (χ0n) is 22.4. The van der Waals surface area contributed by atoms with Crippen molar-refractivity contribution in [1.29, 1.82) is 0 Å². The van der Waals surface area contributed by atoms with Crippen LogP contribution in [0.3, 0.4) is 0 Å². The van der Waals surface area contributed by atoms with Crippen molar-refractivity contribution in [3.8, 4) is 0 Å². The summed E-state index contributed by atoms with van der Waals surface area (Å²) in [6.07, 6.45) is 13.8. The highest BCUT2D eigenvalue weighted by Crippen LogP contribution is 2.26. The Balaban J connectivity index is 1.26. The van der Waals surface area contributed by atoms with Crippen LogP contribution in [-0.4, -0.2) is 95.3 Å². The Bertz CT molecular complexity index is 1240. The van der Waals surface area contributed by atoms with Gasteiger partial charge in [-0.3, -0.25) is 24.6 Å². The Morgan fingerprint density at radius 1 is 1.10 bits per heavy atom. The number of hydrogen-bond donors (Lipinski definition) is 2. The van der Waals surface area contributed by atoms with Crippen molar-refractivity contribution in [1.82, 2.24) is 25.0 Å². The third kappa shape index (κ3) is 6.35. The smallest absolute Gasteiger partial charge is 0.242 e. The maximum Gasteiger partial charge on any atom is 0.242 e. The number of nitrogens with zero attached hydrogens (tertiary/aromatic N) is 7. The van der Waals surface area contributed by atoms with E-state index in [0.29, 0.717) is 48.4 Å². The molecule has 0 saturated carbocycles. The minimum atomic E-state index is -0.297. The van der Waals surface area contributed by atoms with Crippen LogP contribution in [-0.2, 0) is 4.79 Å². The van der Waals surface area contributed by atoms with Crippen molar-refractivity contribution in [3.05, 3.63) is 65.6 Å². The van der Waals surface area contributed by atoms with Gasteiger partial charge in [-0.05, 0) is 31.4 Å². The zero-order valence-corrected chi connectivity index (χ0v) is 23.9. The van der Waals surface area contributed by atoms with Gasteiger partial charge in [-0.15, -0.1) is 11.6 Å². The third-order valence-electron chi connectivity index (χ3n) is 7.55. The lowest BCUT2D eigenvalue weighted by atomic mass is 10.1. The molecule has 0 spiro atoms. The van der Waals surface area contributed by atoms with Crippen LogP contribution in [0.4, 0.5) is 5.82 Å². The number of aromatic nitrogens is 1. The summed E-state index contributed by atoms with van der Waals surface area (Å²) in [6, 6.07) is 3.85. The molecule has 2 saturated heterocycles. The van der Waals surface area contributed by atoms with E-state index in [1.807, 2.05) is 17.0 Å². The predicted molar refractivity (Wildman–Crippen MR) is 162 cm³/mol.